The fourth-order valence-corrected chi connectivity index (χ4v) is 3.75. The van der Waals surface area contributed by atoms with E-state index in [0.29, 0.717) is 32.9 Å². The van der Waals surface area contributed by atoms with Crippen molar-refractivity contribution >= 4 is 35.1 Å². The largest absolute Gasteiger partial charge is 0.496 e. The van der Waals surface area contributed by atoms with Gasteiger partial charge in [0.05, 0.1) is 12.7 Å². The summed E-state index contributed by atoms with van der Waals surface area (Å²) in [5, 5.41) is 1.10. The van der Waals surface area contributed by atoms with E-state index in [-0.39, 0.29) is 18.1 Å². The highest BCUT2D eigenvalue weighted by atomic mass is 35.5. The van der Waals surface area contributed by atoms with Gasteiger partial charge in [-0.3, -0.25) is 4.79 Å². The number of ether oxygens (including phenoxy) is 3. The second kappa shape index (κ2) is 8.42. The molecule has 4 rings (SSSR count). The Morgan fingerprint density at radius 1 is 1.07 bits per heavy atom. The molecule has 0 aromatic heterocycles. The predicted octanol–water partition coefficient (Wildman–Crippen LogP) is 6.51. The zero-order valence-electron chi connectivity index (χ0n) is 16.4. The highest BCUT2D eigenvalue weighted by Crippen LogP contribution is 2.38. The molecule has 0 radical (unpaired) electrons. The Morgan fingerprint density at radius 3 is 2.63 bits per heavy atom. The molecule has 0 unspecified atom stereocenters. The molecule has 0 saturated carbocycles. The SMILES string of the molecule is COc1ccccc1/C=C1\Oc2cc(OCc3ccc(Cl)cc3Cl)cc(C)c2C1=O. The predicted molar refractivity (Wildman–Crippen MR) is 118 cm³/mol. The van der Waals surface area contributed by atoms with E-state index >= 15 is 0 Å². The summed E-state index contributed by atoms with van der Waals surface area (Å²) in [7, 11) is 1.59. The van der Waals surface area contributed by atoms with Crippen LogP contribution in [0.2, 0.25) is 10.0 Å². The normalized spacial score (nSPS) is 13.9. The first-order valence-corrected chi connectivity index (χ1v) is 10.0. The minimum atomic E-state index is -0.166. The first-order valence-electron chi connectivity index (χ1n) is 9.25. The van der Waals surface area contributed by atoms with E-state index in [2.05, 4.69) is 0 Å². The van der Waals surface area contributed by atoms with Crippen LogP contribution in [0.3, 0.4) is 0 Å². The van der Waals surface area contributed by atoms with Gasteiger partial charge in [0, 0.05) is 27.2 Å². The standard InChI is InChI=1S/C24H18Cl2O4/c1-14-9-18(29-13-16-7-8-17(25)11-19(16)26)12-21-23(14)24(27)22(30-21)10-15-5-3-4-6-20(15)28-2/h3-12H,13H2,1-2H3/b22-10-. The van der Waals surface area contributed by atoms with Gasteiger partial charge >= 0.3 is 0 Å². The summed E-state index contributed by atoms with van der Waals surface area (Å²) in [6.45, 7) is 2.13. The zero-order valence-corrected chi connectivity index (χ0v) is 17.9. The molecule has 0 spiro atoms. The summed E-state index contributed by atoms with van der Waals surface area (Å²) < 4.78 is 17.1. The van der Waals surface area contributed by atoms with Crippen LogP contribution in [0.15, 0.2) is 60.4 Å². The lowest BCUT2D eigenvalue weighted by molar-refractivity contribution is 0.101. The van der Waals surface area contributed by atoms with E-state index in [1.54, 1.807) is 31.4 Å². The Labute approximate surface area is 184 Å². The molecule has 6 heteroatoms. The number of rotatable bonds is 5. The zero-order chi connectivity index (χ0) is 21.3. The van der Waals surface area contributed by atoms with E-state index in [1.807, 2.05) is 43.3 Å². The quantitative estimate of drug-likeness (QED) is 0.424. The van der Waals surface area contributed by atoms with Gasteiger partial charge in [-0.25, -0.2) is 0 Å². The fourth-order valence-electron chi connectivity index (χ4n) is 3.29. The third-order valence-corrected chi connectivity index (χ3v) is 5.37. The van der Waals surface area contributed by atoms with Gasteiger partial charge in [0.1, 0.15) is 23.9 Å². The van der Waals surface area contributed by atoms with Crippen molar-refractivity contribution in [3.8, 4) is 17.2 Å². The summed E-state index contributed by atoms with van der Waals surface area (Å²) in [6, 6.07) is 16.2. The molecule has 152 valence electrons. The third kappa shape index (κ3) is 4.02. The van der Waals surface area contributed by atoms with Crippen LogP contribution in [0.5, 0.6) is 17.2 Å². The molecule has 0 atom stereocenters. The van der Waals surface area contributed by atoms with Crippen molar-refractivity contribution in [1.29, 1.82) is 0 Å². The van der Waals surface area contributed by atoms with Gasteiger partial charge in [0.15, 0.2) is 5.76 Å². The van der Waals surface area contributed by atoms with Crippen LogP contribution < -0.4 is 14.2 Å². The molecule has 0 bridgehead atoms. The van der Waals surface area contributed by atoms with Crippen LogP contribution in [0.4, 0.5) is 0 Å². The number of para-hydroxylation sites is 1. The second-order valence-electron chi connectivity index (χ2n) is 6.82. The van der Waals surface area contributed by atoms with E-state index in [1.165, 1.54) is 0 Å². The maximum atomic E-state index is 12.9. The molecular formula is C24H18Cl2O4. The third-order valence-electron chi connectivity index (χ3n) is 4.78. The molecule has 3 aromatic rings. The van der Waals surface area contributed by atoms with E-state index < -0.39 is 0 Å². The summed E-state index contributed by atoms with van der Waals surface area (Å²) in [4.78, 5) is 12.9. The monoisotopic (exact) mass is 440 g/mol. The van der Waals surface area contributed by atoms with Crippen molar-refractivity contribution in [3.05, 3.63) is 92.7 Å². The van der Waals surface area contributed by atoms with Crippen LogP contribution in [0.25, 0.3) is 6.08 Å². The molecule has 1 aliphatic rings. The number of hydrogen-bond donors (Lipinski definition) is 0. The number of fused-ring (bicyclic) bond motifs is 1. The van der Waals surface area contributed by atoms with Gasteiger partial charge in [-0.1, -0.05) is 47.5 Å². The fraction of sp³-hybridized carbons (Fsp3) is 0.125. The maximum absolute atomic E-state index is 12.9. The second-order valence-corrected chi connectivity index (χ2v) is 7.66. The number of carbonyl (C=O) groups excluding carboxylic acids is 1. The number of hydrogen-bond acceptors (Lipinski definition) is 4. The molecule has 0 fully saturated rings. The van der Waals surface area contributed by atoms with Crippen molar-refractivity contribution in [2.45, 2.75) is 13.5 Å². The molecule has 0 N–H and O–H groups in total. The van der Waals surface area contributed by atoms with Gasteiger partial charge in [0.2, 0.25) is 5.78 Å². The van der Waals surface area contributed by atoms with E-state index in [9.17, 15) is 4.79 Å². The Kier molecular flexibility index (Phi) is 5.71. The average Bonchev–Trinajstić information content (AvgIpc) is 3.03. The van der Waals surface area contributed by atoms with Gasteiger partial charge in [0.25, 0.3) is 0 Å². The molecule has 1 heterocycles. The number of halogens is 2. The van der Waals surface area contributed by atoms with Crippen molar-refractivity contribution in [2.75, 3.05) is 7.11 Å². The van der Waals surface area contributed by atoms with Crippen molar-refractivity contribution in [3.63, 3.8) is 0 Å². The molecule has 30 heavy (non-hydrogen) atoms. The Morgan fingerprint density at radius 2 is 1.87 bits per heavy atom. The van der Waals surface area contributed by atoms with Gasteiger partial charge in [-0.05, 0) is 42.8 Å². The molecule has 1 aliphatic heterocycles. The lowest BCUT2D eigenvalue weighted by Crippen LogP contribution is -2.00. The van der Waals surface area contributed by atoms with Crippen LogP contribution >= 0.6 is 23.2 Å². The summed E-state index contributed by atoms with van der Waals surface area (Å²) in [5.74, 6) is 1.80. The number of ketones is 1. The van der Waals surface area contributed by atoms with E-state index in [4.69, 9.17) is 37.4 Å². The van der Waals surface area contributed by atoms with Crippen LogP contribution in [-0.2, 0) is 6.61 Å². The van der Waals surface area contributed by atoms with Crippen molar-refractivity contribution < 1.29 is 19.0 Å². The van der Waals surface area contributed by atoms with Gasteiger partial charge in [-0.2, -0.15) is 0 Å². The van der Waals surface area contributed by atoms with E-state index in [0.717, 1.165) is 16.7 Å². The number of benzene rings is 3. The molecule has 0 saturated heterocycles. The highest BCUT2D eigenvalue weighted by Gasteiger charge is 2.30. The van der Waals surface area contributed by atoms with Crippen molar-refractivity contribution in [1.82, 2.24) is 0 Å². The number of allylic oxidation sites excluding steroid dienone is 1. The van der Waals surface area contributed by atoms with Crippen LogP contribution in [0, 0.1) is 6.92 Å². The molecule has 4 nitrogen and oxygen atoms in total. The first kappa shape index (κ1) is 20.3. The first-order chi connectivity index (χ1) is 14.5. The Hall–Kier alpha value is -2.95. The van der Waals surface area contributed by atoms with Crippen molar-refractivity contribution in [2.24, 2.45) is 0 Å². The lowest BCUT2D eigenvalue weighted by atomic mass is 10.0. The molecular weight excluding hydrogens is 423 g/mol. The maximum Gasteiger partial charge on any atom is 0.232 e. The smallest absolute Gasteiger partial charge is 0.232 e. The number of methoxy groups -OCH3 is 1. The topological polar surface area (TPSA) is 44.8 Å². The minimum absolute atomic E-state index is 0.166. The molecule has 0 aliphatic carbocycles. The summed E-state index contributed by atoms with van der Waals surface area (Å²) >= 11 is 12.1. The Balaban J connectivity index is 1.58. The minimum Gasteiger partial charge on any atom is -0.496 e. The average molecular weight is 441 g/mol. The summed E-state index contributed by atoms with van der Waals surface area (Å²) in [5.41, 5.74) is 2.89. The highest BCUT2D eigenvalue weighted by molar-refractivity contribution is 6.35. The number of Topliss-reactive ketones (excluding diaryl/α,β-unsaturated/α-hetero) is 1. The van der Waals surface area contributed by atoms with Crippen LogP contribution in [0.1, 0.15) is 27.0 Å². The van der Waals surface area contributed by atoms with Gasteiger partial charge in [-0.15, -0.1) is 0 Å². The number of aryl methyl sites for hydroxylation is 1. The van der Waals surface area contributed by atoms with Crippen LogP contribution in [-0.4, -0.2) is 12.9 Å². The van der Waals surface area contributed by atoms with Gasteiger partial charge < -0.3 is 14.2 Å². The number of carbonyl (C=O) groups is 1. The lowest BCUT2D eigenvalue weighted by Gasteiger charge is -2.10. The molecule has 3 aromatic carbocycles. The Bertz CT molecular complexity index is 1170. The summed E-state index contributed by atoms with van der Waals surface area (Å²) in [6.07, 6.45) is 1.69. The molecule has 0 amide bonds.